The van der Waals surface area contributed by atoms with Gasteiger partial charge in [0.15, 0.2) is 0 Å². The van der Waals surface area contributed by atoms with Crippen molar-refractivity contribution in [3.05, 3.63) is 59.7 Å². The number of aryl methyl sites for hydroxylation is 2. The highest BCUT2D eigenvalue weighted by atomic mass is 31.2. The molecule has 0 bridgehead atoms. The van der Waals surface area contributed by atoms with Gasteiger partial charge in [0.05, 0.1) is 0 Å². The first-order valence-corrected chi connectivity index (χ1v) is 10.1. The van der Waals surface area contributed by atoms with Gasteiger partial charge in [-0.3, -0.25) is 0 Å². The maximum atomic E-state index is 11.9. The molecule has 0 radical (unpaired) electrons. The molecule has 5 nitrogen and oxygen atoms in total. The number of anilines is 2. The smallest absolute Gasteiger partial charge is 0.341 e. The Morgan fingerprint density at radius 1 is 1.08 bits per heavy atom. The fourth-order valence-corrected chi connectivity index (χ4v) is 4.01. The molecule has 3 rings (SSSR count). The van der Waals surface area contributed by atoms with Crippen LogP contribution in [0, 0.1) is 0 Å². The number of fused-ring (bicyclic) bond motifs is 2. The molecule has 1 aliphatic heterocycles. The maximum absolute atomic E-state index is 11.9. The van der Waals surface area contributed by atoms with Crippen LogP contribution >= 0.6 is 7.75 Å². The molecule has 25 heavy (non-hydrogen) atoms. The standard InChI is InChI=1S/C19H25N2O3P/c1-20(25(22,23)24-2)14-7-15-21-18-10-5-3-8-16(18)12-13-17-9-4-6-11-19(17)21/h3-6,8-11H,7,12-15H2,1-2H3,(H,22,23). The first-order valence-electron chi connectivity index (χ1n) is 8.56. The van der Waals surface area contributed by atoms with E-state index in [-0.39, 0.29) is 0 Å². The number of para-hydroxylation sites is 2. The third kappa shape index (κ3) is 3.96. The predicted octanol–water partition coefficient (Wildman–Crippen LogP) is 3.99. The molecule has 2 aromatic rings. The van der Waals surface area contributed by atoms with Crippen molar-refractivity contribution in [2.24, 2.45) is 0 Å². The van der Waals surface area contributed by atoms with Crippen LogP contribution in [-0.2, 0) is 21.9 Å². The number of hydrogen-bond donors (Lipinski definition) is 1. The molecule has 1 N–H and O–H groups in total. The van der Waals surface area contributed by atoms with Crippen LogP contribution in [0.3, 0.4) is 0 Å². The molecular formula is C19H25N2O3P. The third-order valence-corrected chi connectivity index (χ3v) is 6.30. The summed E-state index contributed by atoms with van der Waals surface area (Å²) in [7, 11) is -0.778. The zero-order valence-electron chi connectivity index (χ0n) is 14.8. The van der Waals surface area contributed by atoms with Crippen molar-refractivity contribution in [3.63, 3.8) is 0 Å². The average molecular weight is 360 g/mol. The number of benzene rings is 2. The second-order valence-electron chi connectivity index (χ2n) is 6.32. The summed E-state index contributed by atoms with van der Waals surface area (Å²) >= 11 is 0. The highest BCUT2D eigenvalue weighted by molar-refractivity contribution is 7.50. The molecule has 0 amide bonds. The van der Waals surface area contributed by atoms with Gasteiger partial charge in [-0.25, -0.2) is 9.24 Å². The van der Waals surface area contributed by atoms with E-state index in [1.165, 1.54) is 34.3 Å². The molecule has 1 heterocycles. The zero-order chi connectivity index (χ0) is 17.9. The molecule has 0 saturated heterocycles. The Morgan fingerprint density at radius 3 is 2.12 bits per heavy atom. The van der Waals surface area contributed by atoms with Crippen molar-refractivity contribution in [1.29, 1.82) is 0 Å². The van der Waals surface area contributed by atoms with Crippen molar-refractivity contribution in [2.45, 2.75) is 19.3 Å². The summed E-state index contributed by atoms with van der Waals surface area (Å²) in [4.78, 5) is 12.1. The van der Waals surface area contributed by atoms with E-state index in [1.807, 2.05) is 0 Å². The Balaban J connectivity index is 1.81. The topological polar surface area (TPSA) is 53.0 Å². The molecule has 134 valence electrons. The number of rotatable bonds is 6. The third-order valence-electron chi connectivity index (χ3n) is 4.76. The summed E-state index contributed by atoms with van der Waals surface area (Å²) in [5, 5.41) is 0. The van der Waals surface area contributed by atoms with Gasteiger partial charge in [-0.05, 0) is 49.6 Å². The molecule has 0 fully saturated rings. The minimum Gasteiger partial charge on any atom is -0.341 e. The lowest BCUT2D eigenvalue weighted by atomic mass is 10.0. The summed E-state index contributed by atoms with van der Waals surface area (Å²) in [6.45, 7) is 1.27. The quantitative estimate of drug-likeness (QED) is 0.790. The summed E-state index contributed by atoms with van der Waals surface area (Å²) < 4.78 is 18.0. The Morgan fingerprint density at radius 2 is 1.60 bits per heavy atom. The van der Waals surface area contributed by atoms with E-state index in [9.17, 15) is 9.46 Å². The minimum atomic E-state index is -3.66. The average Bonchev–Trinajstić information content (AvgIpc) is 2.79. The van der Waals surface area contributed by atoms with Crippen LogP contribution in [0.1, 0.15) is 17.5 Å². The van der Waals surface area contributed by atoms with Gasteiger partial charge < -0.3 is 14.3 Å². The van der Waals surface area contributed by atoms with Crippen molar-refractivity contribution in [3.8, 4) is 0 Å². The fraction of sp³-hybridized carbons (Fsp3) is 0.368. The summed E-state index contributed by atoms with van der Waals surface area (Å²) in [6, 6.07) is 17.0. The molecule has 1 atom stereocenters. The van der Waals surface area contributed by atoms with E-state index in [4.69, 9.17) is 4.52 Å². The molecule has 2 aromatic carbocycles. The molecular weight excluding hydrogens is 335 g/mol. The Bertz CT molecular complexity index is 733. The van der Waals surface area contributed by atoms with Crippen molar-refractivity contribution in [2.75, 3.05) is 32.1 Å². The molecule has 6 heteroatoms. The van der Waals surface area contributed by atoms with Crippen LogP contribution < -0.4 is 4.90 Å². The molecule has 0 aromatic heterocycles. The molecule has 0 saturated carbocycles. The Labute approximate surface area is 149 Å². The van der Waals surface area contributed by atoms with Crippen molar-refractivity contribution < 1.29 is 14.0 Å². The van der Waals surface area contributed by atoms with E-state index in [0.717, 1.165) is 25.8 Å². The van der Waals surface area contributed by atoms with E-state index >= 15 is 0 Å². The highest BCUT2D eigenvalue weighted by Crippen LogP contribution is 2.44. The lowest BCUT2D eigenvalue weighted by Gasteiger charge is -2.28. The van der Waals surface area contributed by atoms with Gasteiger partial charge in [0.2, 0.25) is 0 Å². The van der Waals surface area contributed by atoms with Gasteiger partial charge in [-0.2, -0.15) is 0 Å². The Hall–Kier alpha value is -1.65. The van der Waals surface area contributed by atoms with Crippen LogP contribution in [0.2, 0.25) is 0 Å². The van der Waals surface area contributed by atoms with Gasteiger partial charge in [-0.15, -0.1) is 0 Å². The summed E-state index contributed by atoms with van der Waals surface area (Å²) in [5.41, 5.74) is 5.15. The normalized spacial score (nSPS) is 16.1. The lowest BCUT2D eigenvalue weighted by Crippen LogP contribution is -2.24. The van der Waals surface area contributed by atoms with Gasteiger partial charge in [0.25, 0.3) is 0 Å². The largest absolute Gasteiger partial charge is 0.405 e. The summed E-state index contributed by atoms with van der Waals surface area (Å²) in [5.74, 6) is 0. The lowest BCUT2D eigenvalue weighted by molar-refractivity contribution is 0.251. The molecule has 0 aliphatic carbocycles. The van der Waals surface area contributed by atoms with Crippen LogP contribution in [0.15, 0.2) is 48.5 Å². The first kappa shape index (κ1) is 18.2. The van der Waals surface area contributed by atoms with E-state index < -0.39 is 7.75 Å². The second kappa shape index (κ2) is 7.71. The molecule has 1 aliphatic rings. The molecule has 1 unspecified atom stereocenters. The van der Waals surface area contributed by atoms with Crippen LogP contribution in [0.5, 0.6) is 0 Å². The molecule has 0 spiro atoms. The van der Waals surface area contributed by atoms with E-state index in [0.29, 0.717) is 6.54 Å². The van der Waals surface area contributed by atoms with Crippen molar-refractivity contribution >= 4 is 19.1 Å². The van der Waals surface area contributed by atoms with E-state index in [1.54, 1.807) is 7.05 Å². The van der Waals surface area contributed by atoms with Gasteiger partial charge in [0, 0.05) is 31.6 Å². The monoisotopic (exact) mass is 360 g/mol. The Kier molecular flexibility index (Phi) is 5.60. The SMILES string of the molecule is COP(=O)(O)N(C)CCCN1c2ccccc2CCc2ccccc21. The van der Waals surface area contributed by atoms with Crippen LogP contribution in [0.4, 0.5) is 11.4 Å². The maximum Gasteiger partial charge on any atom is 0.405 e. The number of nitrogens with zero attached hydrogens (tertiary/aromatic N) is 2. The highest BCUT2D eigenvalue weighted by Gasteiger charge is 2.25. The van der Waals surface area contributed by atoms with Gasteiger partial charge in [-0.1, -0.05) is 36.4 Å². The van der Waals surface area contributed by atoms with Crippen molar-refractivity contribution in [1.82, 2.24) is 4.67 Å². The number of hydrogen-bond acceptors (Lipinski definition) is 3. The minimum absolute atomic E-state index is 0.489. The zero-order valence-corrected chi connectivity index (χ0v) is 15.7. The van der Waals surface area contributed by atoms with Gasteiger partial charge in [0.1, 0.15) is 0 Å². The van der Waals surface area contributed by atoms with E-state index in [2.05, 4.69) is 53.4 Å². The summed E-state index contributed by atoms with van der Waals surface area (Å²) in [6.07, 6.45) is 2.81. The fourth-order valence-electron chi connectivity index (χ4n) is 3.33. The van der Waals surface area contributed by atoms with Gasteiger partial charge >= 0.3 is 7.75 Å². The van der Waals surface area contributed by atoms with Crippen LogP contribution in [-0.4, -0.2) is 36.8 Å². The van der Waals surface area contributed by atoms with Crippen LogP contribution in [0.25, 0.3) is 0 Å². The second-order valence-corrected chi connectivity index (χ2v) is 8.35. The first-order chi connectivity index (χ1) is 12.0. The predicted molar refractivity (Wildman–Crippen MR) is 101 cm³/mol.